The van der Waals surface area contributed by atoms with Crippen molar-refractivity contribution in [3.63, 3.8) is 0 Å². The van der Waals surface area contributed by atoms with Crippen molar-refractivity contribution < 1.29 is 14.5 Å². The Labute approximate surface area is 125 Å². The van der Waals surface area contributed by atoms with Crippen molar-refractivity contribution in [3.8, 4) is 0 Å². The molecule has 0 N–H and O–H groups in total. The lowest BCUT2D eigenvalue weighted by molar-refractivity contribution is -0.384. The van der Waals surface area contributed by atoms with E-state index in [9.17, 15) is 14.9 Å². The lowest BCUT2D eigenvalue weighted by atomic mass is 9.89. The summed E-state index contributed by atoms with van der Waals surface area (Å²) in [5.41, 5.74) is 0.778. The molecule has 0 saturated heterocycles. The summed E-state index contributed by atoms with van der Waals surface area (Å²) in [7, 11) is 0. The second-order valence-electron chi connectivity index (χ2n) is 5.03. The van der Waals surface area contributed by atoms with Crippen LogP contribution in [0.5, 0.6) is 0 Å². The van der Waals surface area contributed by atoms with Gasteiger partial charge in [-0.1, -0.05) is 35.2 Å². The number of rotatable bonds is 4. The number of nitro benzene ring substituents is 1. The summed E-state index contributed by atoms with van der Waals surface area (Å²) in [6, 6.07) is 6.03. The van der Waals surface area contributed by atoms with E-state index in [-0.39, 0.29) is 18.3 Å². The molecule has 0 aliphatic heterocycles. The van der Waals surface area contributed by atoms with Crippen LogP contribution < -0.4 is 0 Å². The van der Waals surface area contributed by atoms with Crippen LogP contribution >= 0.6 is 15.9 Å². The van der Waals surface area contributed by atoms with E-state index in [0.29, 0.717) is 0 Å². The number of hydrogen-bond donors (Lipinski definition) is 0. The number of hydrogen-bond acceptors (Lipinski definition) is 4. The predicted molar refractivity (Wildman–Crippen MR) is 77.6 cm³/mol. The fourth-order valence-electron chi connectivity index (χ4n) is 2.31. The van der Waals surface area contributed by atoms with E-state index in [4.69, 9.17) is 4.74 Å². The summed E-state index contributed by atoms with van der Waals surface area (Å²) >= 11 is 3.50. The number of non-ortho nitro benzene ring substituents is 1. The third-order valence-corrected chi connectivity index (χ3v) is 4.65. The lowest BCUT2D eigenvalue weighted by Crippen LogP contribution is -2.35. The molecule has 0 amide bonds. The van der Waals surface area contributed by atoms with Gasteiger partial charge in [-0.05, 0) is 30.5 Å². The Morgan fingerprint density at radius 3 is 2.40 bits per heavy atom. The van der Waals surface area contributed by atoms with Crippen LogP contribution in [0.25, 0.3) is 0 Å². The quantitative estimate of drug-likeness (QED) is 0.362. The normalized spacial score (nSPS) is 17.4. The summed E-state index contributed by atoms with van der Waals surface area (Å²) in [4.78, 5) is 22.2. The molecular formula is C14H16BrNO4. The highest BCUT2D eigenvalue weighted by Crippen LogP contribution is 2.37. The highest BCUT2D eigenvalue weighted by molar-refractivity contribution is 9.10. The average molecular weight is 342 g/mol. The number of halogens is 1. The van der Waals surface area contributed by atoms with Crippen molar-refractivity contribution in [2.45, 2.75) is 43.0 Å². The average Bonchev–Trinajstić information content (AvgIpc) is 2.46. The molecule has 0 aromatic heterocycles. The van der Waals surface area contributed by atoms with Gasteiger partial charge in [0.1, 0.15) is 10.9 Å². The zero-order chi connectivity index (χ0) is 14.6. The van der Waals surface area contributed by atoms with Crippen LogP contribution in [-0.2, 0) is 16.1 Å². The van der Waals surface area contributed by atoms with Crippen LogP contribution in [0.15, 0.2) is 24.3 Å². The van der Waals surface area contributed by atoms with Gasteiger partial charge in [0.25, 0.3) is 5.69 Å². The van der Waals surface area contributed by atoms with Gasteiger partial charge in [-0.25, -0.2) is 0 Å². The Bertz CT molecular complexity index is 494. The van der Waals surface area contributed by atoms with Gasteiger partial charge < -0.3 is 4.74 Å². The first-order valence-electron chi connectivity index (χ1n) is 6.61. The van der Waals surface area contributed by atoms with Crippen LogP contribution in [0.1, 0.15) is 37.7 Å². The lowest BCUT2D eigenvalue weighted by Gasteiger charge is -2.29. The molecule has 1 aliphatic carbocycles. The molecule has 5 nitrogen and oxygen atoms in total. The summed E-state index contributed by atoms with van der Waals surface area (Å²) in [5, 5.41) is 10.5. The van der Waals surface area contributed by atoms with E-state index in [1.807, 2.05) is 0 Å². The molecule has 1 aromatic rings. The number of carbonyl (C=O) groups excluding carboxylic acids is 1. The molecule has 0 heterocycles. The Morgan fingerprint density at radius 1 is 1.25 bits per heavy atom. The minimum absolute atomic E-state index is 0.0318. The van der Waals surface area contributed by atoms with Crippen LogP contribution in [0.4, 0.5) is 5.69 Å². The zero-order valence-electron chi connectivity index (χ0n) is 11.0. The monoisotopic (exact) mass is 341 g/mol. The standard InChI is InChI=1S/C14H16BrNO4/c15-14(8-2-1-3-9-14)13(17)20-10-11-4-6-12(7-5-11)16(18)19/h4-7H,1-3,8-10H2. The summed E-state index contributed by atoms with van der Waals surface area (Å²) in [6.45, 7) is 0.143. The number of nitrogens with zero attached hydrogens (tertiary/aromatic N) is 1. The molecular weight excluding hydrogens is 326 g/mol. The van der Waals surface area contributed by atoms with E-state index < -0.39 is 9.25 Å². The molecule has 0 spiro atoms. The van der Waals surface area contributed by atoms with E-state index in [1.165, 1.54) is 12.1 Å². The molecule has 0 bridgehead atoms. The Hall–Kier alpha value is -1.43. The number of alkyl halides is 1. The van der Waals surface area contributed by atoms with E-state index in [2.05, 4.69) is 15.9 Å². The van der Waals surface area contributed by atoms with Crippen molar-refractivity contribution in [2.24, 2.45) is 0 Å². The van der Waals surface area contributed by atoms with Gasteiger partial charge in [0.15, 0.2) is 0 Å². The largest absolute Gasteiger partial charge is 0.460 e. The van der Waals surface area contributed by atoms with Crippen LogP contribution in [0.3, 0.4) is 0 Å². The molecule has 1 aliphatic rings. The van der Waals surface area contributed by atoms with Gasteiger partial charge in [-0.15, -0.1) is 0 Å². The molecule has 1 fully saturated rings. The van der Waals surface area contributed by atoms with Crippen molar-refractivity contribution in [3.05, 3.63) is 39.9 Å². The Kier molecular flexibility index (Phi) is 4.75. The third-order valence-electron chi connectivity index (χ3n) is 3.53. The van der Waals surface area contributed by atoms with Crippen LogP contribution in [0.2, 0.25) is 0 Å². The molecule has 20 heavy (non-hydrogen) atoms. The Morgan fingerprint density at radius 2 is 1.85 bits per heavy atom. The first-order chi connectivity index (χ1) is 9.51. The van der Waals surface area contributed by atoms with E-state index in [0.717, 1.165) is 37.7 Å². The second-order valence-corrected chi connectivity index (χ2v) is 6.54. The smallest absolute Gasteiger partial charge is 0.323 e. The van der Waals surface area contributed by atoms with E-state index in [1.54, 1.807) is 12.1 Å². The third kappa shape index (κ3) is 3.56. The minimum atomic E-state index is -0.550. The van der Waals surface area contributed by atoms with E-state index >= 15 is 0 Å². The van der Waals surface area contributed by atoms with Crippen molar-refractivity contribution in [1.29, 1.82) is 0 Å². The van der Waals surface area contributed by atoms with Crippen molar-refractivity contribution in [2.75, 3.05) is 0 Å². The first-order valence-corrected chi connectivity index (χ1v) is 7.40. The van der Waals surface area contributed by atoms with Gasteiger partial charge in [-0.2, -0.15) is 0 Å². The molecule has 0 radical (unpaired) electrons. The molecule has 0 atom stereocenters. The highest BCUT2D eigenvalue weighted by Gasteiger charge is 2.38. The molecule has 1 aromatic carbocycles. The Balaban J connectivity index is 1.91. The predicted octanol–water partition coefficient (Wildman–Crippen LogP) is 3.74. The maximum atomic E-state index is 12.1. The van der Waals surface area contributed by atoms with Gasteiger partial charge in [-0.3, -0.25) is 14.9 Å². The maximum absolute atomic E-state index is 12.1. The van der Waals surface area contributed by atoms with Gasteiger partial charge in [0.05, 0.1) is 4.92 Å². The number of ether oxygens (including phenoxy) is 1. The van der Waals surface area contributed by atoms with Gasteiger partial charge in [0, 0.05) is 12.1 Å². The van der Waals surface area contributed by atoms with Crippen molar-refractivity contribution in [1.82, 2.24) is 0 Å². The number of esters is 1. The zero-order valence-corrected chi connectivity index (χ0v) is 12.6. The molecule has 108 valence electrons. The molecule has 6 heteroatoms. The van der Waals surface area contributed by atoms with Crippen LogP contribution in [-0.4, -0.2) is 15.2 Å². The molecule has 0 unspecified atom stereocenters. The fourth-order valence-corrected chi connectivity index (χ4v) is 2.98. The number of benzene rings is 1. The van der Waals surface area contributed by atoms with Gasteiger partial charge >= 0.3 is 5.97 Å². The summed E-state index contributed by atoms with van der Waals surface area (Å²) < 4.78 is 4.77. The number of carbonyl (C=O) groups is 1. The minimum Gasteiger partial charge on any atom is -0.460 e. The molecule has 2 rings (SSSR count). The second kappa shape index (κ2) is 6.35. The number of nitro groups is 1. The highest BCUT2D eigenvalue weighted by atomic mass is 79.9. The maximum Gasteiger partial charge on any atom is 0.323 e. The SMILES string of the molecule is O=C(OCc1ccc([N+](=O)[O-])cc1)C1(Br)CCCCC1. The summed E-state index contributed by atoms with van der Waals surface area (Å²) in [6.07, 6.45) is 4.80. The van der Waals surface area contributed by atoms with Crippen LogP contribution in [0, 0.1) is 10.1 Å². The topological polar surface area (TPSA) is 69.4 Å². The summed E-state index contributed by atoms with van der Waals surface area (Å²) in [5.74, 6) is -0.240. The molecule has 1 saturated carbocycles. The first kappa shape index (κ1) is 15.0. The fraction of sp³-hybridized carbons (Fsp3) is 0.500. The van der Waals surface area contributed by atoms with Crippen molar-refractivity contribution >= 4 is 27.6 Å². The van der Waals surface area contributed by atoms with Gasteiger partial charge in [0.2, 0.25) is 0 Å².